The minimum absolute atomic E-state index is 0.228. The number of carboxylic acids is 1. The normalized spacial score (nSPS) is 26.5. The molecule has 0 bridgehead atoms. The van der Waals surface area contributed by atoms with E-state index >= 15 is 0 Å². The third-order valence-corrected chi connectivity index (χ3v) is 4.90. The fourth-order valence-corrected chi connectivity index (χ4v) is 3.63. The molecule has 25 heavy (non-hydrogen) atoms. The van der Waals surface area contributed by atoms with E-state index in [0.717, 1.165) is 30.7 Å². The molecule has 1 amide bonds. The summed E-state index contributed by atoms with van der Waals surface area (Å²) in [6.07, 6.45) is 4.92. The highest BCUT2D eigenvalue weighted by Gasteiger charge is 2.50. The van der Waals surface area contributed by atoms with E-state index in [4.69, 9.17) is 9.57 Å². The summed E-state index contributed by atoms with van der Waals surface area (Å²) in [5.74, 6) is -2.01. The molecule has 0 aromatic heterocycles. The maximum absolute atomic E-state index is 12.3. The van der Waals surface area contributed by atoms with Gasteiger partial charge in [0.25, 0.3) is 0 Å². The molecule has 2 N–H and O–H groups in total. The molecular weight excluding hydrogens is 328 g/mol. The summed E-state index contributed by atoms with van der Waals surface area (Å²) in [4.78, 5) is 41.1. The zero-order valence-corrected chi connectivity index (χ0v) is 15.1. The molecule has 3 unspecified atom stereocenters. The lowest BCUT2D eigenvalue weighted by Crippen LogP contribution is -2.53. The molecule has 2 rings (SSSR count). The summed E-state index contributed by atoms with van der Waals surface area (Å²) in [6.45, 7) is 3.43. The molecule has 2 fully saturated rings. The van der Waals surface area contributed by atoms with E-state index in [1.54, 1.807) is 13.8 Å². The van der Waals surface area contributed by atoms with E-state index in [2.05, 4.69) is 5.32 Å². The van der Waals surface area contributed by atoms with Crippen LogP contribution in [-0.4, -0.2) is 53.4 Å². The van der Waals surface area contributed by atoms with Gasteiger partial charge in [0.05, 0.1) is 0 Å². The lowest BCUT2D eigenvalue weighted by molar-refractivity contribution is -0.226. The van der Waals surface area contributed by atoms with Gasteiger partial charge in [0.2, 0.25) is 5.91 Å². The van der Waals surface area contributed by atoms with Crippen molar-refractivity contribution in [3.8, 4) is 0 Å². The zero-order chi connectivity index (χ0) is 18.6. The van der Waals surface area contributed by atoms with Crippen LogP contribution in [0.25, 0.3) is 0 Å². The number of hydroxylamine groups is 2. The Kier molecular flexibility index (Phi) is 6.78. The Morgan fingerprint density at radius 2 is 1.96 bits per heavy atom. The summed E-state index contributed by atoms with van der Waals surface area (Å²) in [6, 6.07) is -2.07. The van der Waals surface area contributed by atoms with Gasteiger partial charge in [-0.2, -0.15) is 0 Å². The minimum atomic E-state index is -1.11. The van der Waals surface area contributed by atoms with Gasteiger partial charge >= 0.3 is 11.9 Å². The summed E-state index contributed by atoms with van der Waals surface area (Å²) in [5.41, 5.74) is 0. The first-order valence-electron chi connectivity index (χ1n) is 8.90. The number of carboxylic acid groups (broad SMARTS) is 1. The standard InChI is InChI=1S/C17H28N2O6/c1-10(2)14(16(21)22)19-15(24-3)13(17(23)25-19)18-12(20)9-11-7-5-4-6-8-11/h10-11,13-15H,4-9H2,1-3H3,(H,18,20)(H,21,22). The molecule has 0 aromatic rings. The van der Waals surface area contributed by atoms with Crippen molar-refractivity contribution in [1.29, 1.82) is 0 Å². The Morgan fingerprint density at radius 3 is 2.48 bits per heavy atom. The van der Waals surface area contributed by atoms with Crippen molar-refractivity contribution in [2.24, 2.45) is 11.8 Å². The summed E-state index contributed by atoms with van der Waals surface area (Å²) < 4.78 is 5.28. The van der Waals surface area contributed by atoms with Crippen LogP contribution in [0.3, 0.4) is 0 Å². The Bertz CT molecular complexity index is 503. The summed E-state index contributed by atoms with van der Waals surface area (Å²) in [5, 5.41) is 13.1. The molecule has 2 aliphatic rings. The van der Waals surface area contributed by atoms with Crippen LogP contribution < -0.4 is 5.32 Å². The molecule has 1 saturated heterocycles. The molecule has 1 saturated carbocycles. The van der Waals surface area contributed by atoms with E-state index in [1.165, 1.54) is 13.5 Å². The third-order valence-electron chi connectivity index (χ3n) is 4.90. The maximum Gasteiger partial charge on any atom is 0.351 e. The molecule has 8 heteroatoms. The first kappa shape index (κ1) is 19.7. The Labute approximate surface area is 147 Å². The predicted octanol–water partition coefficient (Wildman–Crippen LogP) is 1.30. The predicted molar refractivity (Wildman–Crippen MR) is 88.1 cm³/mol. The number of hydrogen-bond acceptors (Lipinski definition) is 6. The average molecular weight is 356 g/mol. The summed E-state index contributed by atoms with van der Waals surface area (Å²) in [7, 11) is 1.36. The second kappa shape index (κ2) is 8.62. The molecule has 3 atom stereocenters. The smallest absolute Gasteiger partial charge is 0.351 e. The molecule has 1 heterocycles. The molecule has 1 aliphatic heterocycles. The third kappa shape index (κ3) is 4.70. The highest BCUT2D eigenvalue weighted by molar-refractivity contribution is 5.86. The van der Waals surface area contributed by atoms with Gasteiger partial charge in [0.1, 0.15) is 6.04 Å². The number of carbonyl (C=O) groups is 3. The van der Waals surface area contributed by atoms with E-state index in [-0.39, 0.29) is 11.8 Å². The molecule has 0 spiro atoms. The van der Waals surface area contributed by atoms with Gasteiger partial charge in [0, 0.05) is 13.5 Å². The van der Waals surface area contributed by atoms with E-state index in [0.29, 0.717) is 12.3 Å². The number of ether oxygens (including phenoxy) is 1. The number of nitrogens with one attached hydrogen (secondary N) is 1. The molecule has 142 valence electrons. The van der Waals surface area contributed by atoms with Crippen LogP contribution in [0.2, 0.25) is 0 Å². The van der Waals surface area contributed by atoms with Gasteiger partial charge in [-0.3, -0.25) is 9.59 Å². The van der Waals surface area contributed by atoms with Crippen LogP contribution in [0.15, 0.2) is 0 Å². The van der Waals surface area contributed by atoms with Crippen molar-refractivity contribution in [3.05, 3.63) is 0 Å². The van der Waals surface area contributed by atoms with Crippen molar-refractivity contribution in [2.75, 3.05) is 7.11 Å². The minimum Gasteiger partial charge on any atom is -0.480 e. The van der Waals surface area contributed by atoms with E-state index in [1.807, 2.05) is 0 Å². The van der Waals surface area contributed by atoms with Crippen molar-refractivity contribution in [3.63, 3.8) is 0 Å². The Morgan fingerprint density at radius 1 is 1.32 bits per heavy atom. The van der Waals surface area contributed by atoms with Crippen LogP contribution in [-0.2, 0) is 24.0 Å². The number of carbonyl (C=O) groups excluding carboxylic acids is 2. The second-order valence-electron chi connectivity index (χ2n) is 7.18. The SMILES string of the molecule is COC1C(NC(=O)CC2CCCCC2)C(=O)ON1C(C(=O)O)C(C)C. The number of amides is 1. The van der Waals surface area contributed by atoms with Crippen molar-refractivity contribution in [1.82, 2.24) is 10.4 Å². The van der Waals surface area contributed by atoms with Crippen LogP contribution in [0.5, 0.6) is 0 Å². The summed E-state index contributed by atoms with van der Waals surface area (Å²) >= 11 is 0. The molecule has 8 nitrogen and oxygen atoms in total. The van der Waals surface area contributed by atoms with Gasteiger partial charge in [-0.25, -0.2) is 4.79 Å². The van der Waals surface area contributed by atoms with Crippen molar-refractivity contribution >= 4 is 17.8 Å². The van der Waals surface area contributed by atoms with E-state index in [9.17, 15) is 19.5 Å². The Hall–Kier alpha value is -1.67. The molecule has 0 radical (unpaired) electrons. The largest absolute Gasteiger partial charge is 0.480 e. The highest BCUT2D eigenvalue weighted by atomic mass is 16.8. The number of rotatable bonds is 7. The topological polar surface area (TPSA) is 105 Å². The number of aliphatic carboxylic acids is 1. The molecule has 1 aliphatic carbocycles. The zero-order valence-electron chi connectivity index (χ0n) is 15.1. The van der Waals surface area contributed by atoms with E-state index < -0.39 is 30.3 Å². The maximum atomic E-state index is 12.3. The Balaban J connectivity index is 2.03. The average Bonchev–Trinajstić information content (AvgIpc) is 2.83. The number of methoxy groups -OCH3 is 1. The first-order valence-corrected chi connectivity index (χ1v) is 8.90. The quantitative estimate of drug-likeness (QED) is 0.708. The lowest BCUT2D eigenvalue weighted by atomic mass is 9.87. The van der Waals surface area contributed by atoms with Gasteiger partial charge in [-0.05, 0) is 24.7 Å². The van der Waals surface area contributed by atoms with Crippen molar-refractivity contribution < 1.29 is 29.1 Å². The molecule has 0 aromatic carbocycles. The van der Waals surface area contributed by atoms with Gasteiger partial charge in [-0.15, -0.1) is 0 Å². The van der Waals surface area contributed by atoms with Gasteiger partial charge < -0.3 is 20.0 Å². The lowest BCUT2D eigenvalue weighted by Gasteiger charge is -2.29. The van der Waals surface area contributed by atoms with Crippen LogP contribution in [0.1, 0.15) is 52.4 Å². The number of hydrogen-bond donors (Lipinski definition) is 2. The molecular formula is C17H28N2O6. The second-order valence-corrected chi connectivity index (χ2v) is 7.18. The van der Waals surface area contributed by atoms with Gasteiger partial charge in [-0.1, -0.05) is 38.2 Å². The number of nitrogens with zero attached hydrogens (tertiary/aromatic N) is 1. The van der Waals surface area contributed by atoms with Crippen LogP contribution in [0.4, 0.5) is 0 Å². The fourth-order valence-electron chi connectivity index (χ4n) is 3.63. The van der Waals surface area contributed by atoms with Gasteiger partial charge in [0.15, 0.2) is 12.3 Å². The monoisotopic (exact) mass is 356 g/mol. The van der Waals surface area contributed by atoms with Crippen molar-refractivity contribution in [2.45, 2.75) is 70.7 Å². The van der Waals surface area contributed by atoms with Crippen LogP contribution >= 0.6 is 0 Å². The highest BCUT2D eigenvalue weighted by Crippen LogP contribution is 2.27. The fraction of sp³-hybridized carbons (Fsp3) is 0.824. The van der Waals surface area contributed by atoms with Crippen LogP contribution in [0, 0.1) is 11.8 Å². The first-order chi connectivity index (χ1) is 11.8.